The van der Waals surface area contributed by atoms with Gasteiger partial charge in [-0.05, 0) is 13.0 Å². The van der Waals surface area contributed by atoms with E-state index in [0.717, 1.165) is 18.8 Å². The van der Waals surface area contributed by atoms with E-state index in [1.54, 1.807) is 12.4 Å². The Hall–Kier alpha value is -0.470. The molecule has 0 aliphatic carbocycles. The van der Waals surface area contributed by atoms with E-state index >= 15 is 0 Å². The average molecular weight is 219 g/mol. The van der Waals surface area contributed by atoms with Gasteiger partial charge >= 0.3 is 0 Å². The summed E-state index contributed by atoms with van der Waals surface area (Å²) in [4.78, 5) is 6.05. The lowest BCUT2D eigenvalue weighted by molar-refractivity contribution is 0.868. The number of hydrogen-bond acceptors (Lipinski definition) is 2. The van der Waals surface area contributed by atoms with E-state index in [1.165, 1.54) is 0 Å². The lowest BCUT2D eigenvalue weighted by atomic mass is 10.3. The van der Waals surface area contributed by atoms with Gasteiger partial charge in [0.05, 0.1) is 10.7 Å². The summed E-state index contributed by atoms with van der Waals surface area (Å²) in [5, 5.41) is 0.675. The van der Waals surface area contributed by atoms with Crippen LogP contribution in [0.5, 0.6) is 0 Å². The predicted octanol–water partition coefficient (Wildman–Crippen LogP) is 2.80. The van der Waals surface area contributed by atoms with Crippen LogP contribution in [0.15, 0.2) is 18.5 Å². The molecule has 0 radical (unpaired) electrons. The van der Waals surface area contributed by atoms with Crippen LogP contribution in [0.3, 0.4) is 0 Å². The third-order valence-electron chi connectivity index (χ3n) is 1.83. The zero-order chi connectivity index (χ0) is 9.68. The molecule has 2 nitrogen and oxygen atoms in total. The normalized spacial score (nSPS) is 10.1. The van der Waals surface area contributed by atoms with Crippen molar-refractivity contribution in [2.24, 2.45) is 0 Å². The fourth-order valence-electron chi connectivity index (χ4n) is 1.18. The smallest absolute Gasteiger partial charge is 0.0822 e. The quantitative estimate of drug-likeness (QED) is 0.724. The topological polar surface area (TPSA) is 16.1 Å². The van der Waals surface area contributed by atoms with Crippen molar-refractivity contribution in [3.05, 3.63) is 23.5 Å². The number of nitrogens with zero attached hydrogens (tertiary/aromatic N) is 2. The van der Waals surface area contributed by atoms with Gasteiger partial charge in [-0.25, -0.2) is 0 Å². The van der Waals surface area contributed by atoms with Gasteiger partial charge in [-0.1, -0.05) is 11.6 Å². The largest absolute Gasteiger partial charge is 0.369 e. The zero-order valence-electron chi connectivity index (χ0n) is 7.50. The molecule has 0 bridgehead atoms. The maximum atomic E-state index is 5.99. The molecule has 13 heavy (non-hydrogen) atoms. The molecule has 4 heteroatoms. The number of pyridine rings is 1. The first-order valence-electron chi connectivity index (χ1n) is 4.20. The Morgan fingerprint density at radius 1 is 1.54 bits per heavy atom. The van der Waals surface area contributed by atoms with Gasteiger partial charge in [-0.2, -0.15) is 0 Å². The Kier molecular flexibility index (Phi) is 4.33. The molecule has 0 aliphatic heterocycles. The standard InChI is InChI=1S/C9H12Cl2N2/c1-2-13(6-4-10)9-3-5-12-7-8(9)11/h3,5,7H,2,4,6H2,1H3. The predicted molar refractivity (Wildman–Crippen MR) is 57.9 cm³/mol. The molecule has 1 heterocycles. The van der Waals surface area contributed by atoms with Crippen LogP contribution in [0.1, 0.15) is 6.92 Å². The minimum Gasteiger partial charge on any atom is -0.369 e. The molecule has 0 saturated heterocycles. The Morgan fingerprint density at radius 2 is 2.31 bits per heavy atom. The van der Waals surface area contributed by atoms with Crippen molar-refractivity contribution >= 4 is 28.9 Å². The van der Waals surface area contributed by atoms with Crippen LogP contribution in [0.4, 0.5) is 5.69 Å². The summed E-state index contributed by atoms with van der Waals surface area (Å²) in [7, 11) is 0. The van der Waals surface area contributed by atoms with Crippen molar-refractivity contribution in [1.29, 1.82) is 0 Å². The van der Waals surface area contributed by atoms with Gasteiger partial charge in [-0.3, -0.25) is 4.98 Å². The van der Waals surface area contributed by atoms with Crippen molar-refractivity contribution < 1.29 is 0 Å². The minimum absolute atomic E-state index is 0.604. The molecule has 1 aromatic rings. The van der Waals surface area contributed by atoms with Crippen molar-refractivity contribution in [2.75, 3.05) is 23.9 Å². The third-order valence-corrected chi connectivity index (χ3v) is 2.29. The minimum atomic E-state index is 0.604. The van der Waals surface area contributed by atoms with Gasteiger partial charge in [0, 0.05) is 31.4 Å². The first-order valence-corrected chi connectivity index (χ1v) is 5.11. The first-order chi connectivity index (χ1) is 6.29. The summed E-state index contributed by atoms with van der Waals surface area (Å²) in [6.45, 7) is 3.78. The molecule has 0 aromatic carbocycles. The monoisotopic (exact) mass is 218 g/mol. The average Bonchev–Trinajstić information content (AvgIpc) is 2.16. The SMILES string of the molecule is CCN(CCCl)c1ccncc1Cl. The second-order valence-electron chi connectivity index (χ2n) is 2.60. The number of halogens is 2. The first kappa shape index (κ1) is 10.6. The fraction of sp³-hybridized carbons (Fsp3) is 0.444. The summed E-state index contributed by atoms with van der Waals surface area (Å²) < 4.78 is 0. The van der Waals surface area contributed by atoms with Crippen LogP contribution in [0.25, 0.3) is 0 Å². The summed E-state index contributed by atoms with van der Waals surface area (Å²) in [5.74, 6) is 0.604. The van der Waals surface area contributed by atoms with Crippen LogP contribution in [0.2, 0.25) is 5.02 Å². The van der Waals surface area contributed by atoms with Crippen molar-refractivity contribution in [3.8, 4) is 0 Å². The molecule has 1 rings (SSSR count). The summed E-state index contributed by atoms with van der Waals surface area (Å²) >= 11 is 11.7. The number of aromatic nitrogens is 1. The molecule has 0 N–H and O–H groups in total. The second-order valence-corrected chi connectivity index (χ2v) is 3.38. The fourth-order valence-corrected chi connectivity index (χ4v) is 1.62. The highest BCUT2D eigenvalue weighted by Gasteiger charge is 2.06. The molecular weight excluding hydrogens is 207 g/mol. The Bertz CT molecular complexity index is 266. The van der Waals surface area contributed by atoms with Crippen molar-refractivity contribution in [2.45, 2.75) is 6.92 Å². The van der Waals surface area contributed by atoms with E-state index in [4.69, 9.17) is 23.2 Å². The molecular formula is C9H12Cl2N2. The lowest BCUT2D eigenvalue weighted by Gasteiger charge is -2.22. The molecule has 0 saturated carbocycles. The van der Waals surface area contributed by atoms with Gasteiger partial charge in [0.15, 0.2) is 0 Å². The number of alkyl halides is 1. The van der Waals surface area contributed by atoms with E-state index in [1.807, 2.05) is 6.07 Å². The molecule has 0 aliphatic rings. The van der Waals surface area contributed by atoms with E-state index in [9.17, 15) is 0 Å². The van der Waals surface area contributed by atoms with Crippen LogP contribution >= 0.6 is 23.2 Å². The second kappa shape index (κ2) is 5.30. The molecule has 0 fully saturated rings. The maximum Gasteiger partial charge on any atom is 0.0822 e. The summed E-state index contributed by atoms with van der Waals surface area (Å²) in [5.41, 5.74) is 1.000. The van der Waals surface area contributed by atoms with E-state index < -0.39 is 0 Å². The summed E-state index contributed by atoms with van der Waals surface area (Å²) in [6, 6.07) is 1.90. The number of rotatable bonds is 4. The van der Waals surface area contributed by atoms with Crippen molar-refractivity contribution in [1.82, 2.24) is 4.98 Å². The van der Waals surface area contributed by atoms with Crippen LogP contribution in [0, 0.1) is 0 Å². The third kappa shape index (κ3) is 2.75. The number of hydrogen-bond donors (Lipinski definition) is 0. The number of anilines is 1. The van der Waals surface area contributed by atoms with Crippen LogP contribution < -0.4 is 4.90 Å². The van der Waals surface area contributed by atoms with Crippen LogP contribution in [-0.4, -0.2) is 24.0 Å². The Balaban J connectivity index is 2.84. The van der Waals surface area contributed by atoms with E-state index in [0.29, 0.717) is 10.9 Å². The van der Waals surface area contributed by atoms with Crippen molar-refractivity contribution in [3.63, 3.8) is 0 Å². The van der Waals surface area contributed by atoms with Gasteiger partial charge in [-0.15, -0.1) is 11.6 Å². The van der Waals surface area contributed by atoms with Gasteiger partial charge in [0.2, 0.25) is 0 Å². The highest BCUT2D eigenvalue weighted by molar-refractivity contribution is 6.33. The van der Waals surface area contributed by atoms with Gasteiger partial charge < -0.3 is 4.90 Å². The molecule has 0 unspecified atom stereocenters. The molecule has 0 amide bonds. The molecule has 0 atom stereocenters. The van der Waals surface area contributed by atoms with E-state index in [2.05, 4.69) is 16.8 Å². The molecule has 0 spiro atoms. The highest BCUT2D eigenvalue weighted by atomic mass is 35.5. The highest BCUT2D eigenvalue weighted by Crippen LogP contribution is 2.23. The zero-order valence-corrected chi connectivity index (χ0v) is 9.02. The summed E-state index contributed by atoms with van der Waals surface area (Å²) in [6.07, 6.45) is 3.38. The molecule has 1 aromatic heterocycles. The van der Waals surface area contributed by atoms with Gasteiger partial charge in [0.25, 0.3) is 0 Å². The molecule has 72 valence electrons. The van der Waals surface area contributed by atoms with Crippen LogP contribution in [-0.2, 0) is 0 Å². The van der Waals surface area contributed by atoms with E-state index in [-0.39, 0.29) is 0 Å². The maximum absolute atomic E-state index is 5.99. The Morgan fingerprint density at radius 3 is 2.85 bits per heavy atom. The van der Waals surface area contributed by atoms with Gasteiger partial charge in [0.1, 0.15) is 0 Å². The lowest BCUT2D eigenvalue weighted by Crippen LogP contribution is -2.25. The Labute approximate surface area is 88.5 Å².